The van der Waals surface area contributed by atoms with Crippen LogP contribution in [-0.2, 0) is 6.54 Å². The van der Waals surface area contributed by atoms with Gasteiger partial charge in [-0.05, 0) is 44.4 Å². The highest BCUT2D eigenvalue weighted by molar-refractivity contribution is 5.17. The molecule has 5 nitrogen and oxygen atoms in total. The second-order valence-corrected chi connectivity index (χ2v) is 5.94. The standard InChI is InChI=1S/C17H24N4O/c1-15(5-14-21-11-2-8-19-21)20-12-6-17(7-13-20)22-16-3-9-18-10-4-16/h2-4,8-11,15,17H,5-7,12-14H2,1H3/t15-/m1/s1. The fourth-order valence-electron chi connectivity index (χ4n) is 2.98. The number of pyridine rings is 1. The zero-order valence-electron chi connectivity index (χ0n) is 13.1. The lowest BCUT2D eigenvalue weighted by molar-refractivity contribution is 0.0759. The van der Waals surface area contributed by atoms with Crippen LogP contribution in [0.4, 0.5) is 0 Å². The molecule has 3 rings (SSSR count). The molecule has 0 radical (unpaired) electrons. The van der Waals surface area contributed by atoms with Gasteiger partial charge in [0.2, 0.25) is 0 Å². The van der Waals surface area contributed by atoms with Crippen LogP contribution in [0.1, 0.15) is 26.2 Å². The summed E-state index contributed by atoms with van der Waals surface area (Å²) in [4.78, 5) is 6.59. The molecular formula is C17H24N4O. The first-order valence-electron chi connectivity index (χ1n) is 8.09. The molecule has 0 bridgehead atoms. The summed E-state index contributed by atoms with van der Waals surface area (Å²) in [5.41, 5.74) is 0. The van der Waals surface area contributed by atoms with Gasteiger partial charge in [0.1, 0.15) is 11.9 Å². The molecule has 2 aromatic heterocycles. The lowest BCUT2D eigenvalue weighted by atomic mass is 10.0. The Morgan fingerprint density at radius 1 is 1.23 bits per heavy atom. The fourth-order valence-corrected chi connectivity index (χ4v) is 2.98. The van der Waals surface area contributed by atoms with Gasteiger partial charge >= 0.3 is 0 Å². The summed E-state index contributed by atoms with van der Waals surface area (Å²) in [6.45, 7) is 5.52. The van der Waals surface area contributed by atoms with Crippen LogP contribution in [0, 0.1) is 0 Å². The average Bonchev–Trinajstić information content (AvgIpc) is 3.08. The summed E-state index contributed by atoms with van der Waals surface area (Å²) >= 11 is 0. The van der Waals surface area contributed by atoms with Crippen molar-refractivity contribution in [1.29, 1.82) is 0 Å². The van der Waals surface area contributed by atoms with E-state index in [-0.39, 0.29) is 0 Å². The Kier molecular flexibility index (Phi) is 5.06. The van der Waals surface area contributed by atoms with Gasteiger partial charge in [-0.1, -0.05) is 0 Å². The molecule has 3 heterocycles. The molecule has 1 saturated heterocycles. The van der Waals surface area contributed by atoms with Gasteiger partial charge in [0.25, 0.3) is 0 Å². The van der Waals surface area contributed by atoms with Gasteiger partial charge in [-0.15, -0.1) is 0 Å². The Balaban J connectivity index is 1.41. The first-order chi connectivity index (χ1) is 10.8. The van der Waals surface area contributed by atoms with Crippen LogP contribution in [0.3, 0.4) is 0 Å². The van der Waals surface area contributed by atoms with Crippen LogP contribution in [0.15, 0.2) is 43.0 Å². The van der Waals surface area contributed by atoms with E-state index in [0.29, 0.717) is 12.1 Å². The molecule has 0 spiro atoms. The third kappa shape index (κ3) is 4.07. The molecule has 1 aliphatic heterocycles. The molecule has 1 fully saturated rings. The SMILES string of the molecule is C[C@H](CCn1cccn1)N1CCC(Oc2ccncc2)CC1. The summed E-state index contributed by atoms with van der Waals surface area (Å²) in [6.07, 6.45) is 11.1. The van der Waals surface area contributed by atoms with Gasteiger partial charge in [0.15, 0.2) is 0 Å². The number of aryl methyl sites for hydroxylation is 1. The Hall–Kier alpha value is -1.88. The maximum absolute atomic E-state index is 6.02. The molecule has 0 N–H and O–H groups in total. The number of likely N-dealkylation sites (tertiary alicyclic amines) is 1. The van der Waals surface area contributed by atoms with Gasteiger partial charge < -0.3 is 9.64 Å². The minimum atomic E-state index is 0.331. The average molecular weight is 300 g/mol. The molecule has 5 heteroatoms. The zero-order valence-corrected chi connectivity index (χ0v) is 13.1. The maximum Gasteiger partial charge on any atom is 0.122 e. The van der Waals surface area contributed by atoms with Crippen LogP contribution >= 0.6 is 0 Å². The summed E-state index contributed by atoms with van der Waals surface area (Å²) in [5.74, 6) is 0.931. The summed E-state index contributed by atoms with van der Waals surface area (Å²) in [6, 6.07) is 6.43. The number of hydrogen-bond acceptors (Lipinski definition) is 4. The summed E-state index contributed by atoms with van der Waals surface area (Å²) in [7, 11) is 0. The second-order valence-electron chi connectivity index (χ2n) is 5.94. The van der Waals surface area contributed by atoms with Crippen molar-refractivity contribution in [1.82, 2.24) is 19.7 Å². The molecule has 22 heavy (non-hydrogen) atoms. The normalized spacial score (nSPS) is 18.2. The number of nitrogens with zero attached hydrogens (tertiary/aromatic N) is 4. The molecule has 0 aromatic carbocycles. The number of piperidine rings is 1. The lowest BCUT2D eigenvalue weighted by Gasteiger charge is -2.36. The maximum atomic E-state index is 6.02. The lowest BCUT2D eigenvalue weighted by Crippen LogP contribution is -2.43. The van der Waals surface area contributed by atoms with E-state index in [1.54, 1.807) is 12.4 Å². The van der Waals surface area contributed by atoms with E-state index in [2.05, 4.69) is 21.9 Å². The molecule has 0 amide bonds. The Morgan fingerprint density at radius 2 is 2.00 bits per heavy atom. The van der Waals surface area contributed by atoms with E-state index < -0.39 is 0 Å². The largest absolute Gasteiger partial charge is 0.490 e. The molecular weight excluding hydrogens is 276 g/mol. The van der Waals surface area contributed by atoms with E-state index in [4.69, 9.17) is 4.74 Å². The van der Waals surface area contributed by atoms with E-state index in [1.165, 1.54) is 0 Å². The third-order valence-corrected chi connectivity index (χ3v) is 4.39. The predicted octanol–water partition coefficient (Wildman–Crippen LogP) is 2.60. The summed E-state index contributed by atoms with van der Waals surface area (Å²) < 4.78 is 8.03. The van der Waals surface area contributed by atoms with Crippen LogP contribution < -0.4 is 4.74 Å². The van der Waals surface area contributed by atoms with Crippen molar-refractivity contribution in [3.63, 3.8) is 0 Å². The van der Waals surface area contributed by atoms with Crippen molar-refractivity contribution in [2.45, 2.75) is 44.9 Å². The quantitative estimate of drug-likeness (QED) is 0.822. The molecule has 0 unspecified atom stereocenters. The van der Waals surface area contributed by atoms with E-state index in [9.17, 15) is 0 Å². The monoisotopic (exact) mass is 300 g/mol. The van der Waals surface area contributed by atoms with Gasteiger partial charge in [0, 0.05) is 50.5 Å². The van der Waals surface area contributed by atoms with Crippen molar-refractivity contribution in [2.24, 2.45) is 0 Å². The Morgan fingerprint density at radius 3 is 2.68 bits per heavy atom. The van der Waals surface area contributed by atoms with Crippen LogP contribution in [0.25, 0.3) is 0 Å². The van der Waals surface area contributed by atoms with Gasteiger partial charge in [-0.25, -0.2) is 0 Å². The predicted molar refractivity (Wildman–Crippen MR) is 85.8 cm³/mol. The smallest absolute Gasteiger partial charge is 0.122 e. The first kappa shape index (κ1) is 15.0. The molecule has 1 aliphatic rings. The molecule has 0 aliphatic carbocycles. The van der Waals surface area contributed by atoms with Crippen molar-refractivity contribution >= 4 is 0 Å². The number of aromatic nitrogens is 3. The van der Waals surface area contributed by atoms with Crippen molar-refractivity contribution in [3.8, 4) is 5.75 Å². The summed E-state index contributed by atoms with van der Waals surface area (Å²) in [5, 5.41) is 4.27. The van der Waals surface area contributed by atoms with Crippen molar-refractivity contribution in [2.75, 3.05) is 13.1 Å². The Labute approximate surface area is 131 Å². The second kappa shape index (κ2) is 7.40. The van der Waals surface area contributed by atoms with Gasteiger partial charge in [-0.3, -0.25) is 9.67 Å². The van der Waals surface area contributed by atoms with Crippen LogP contribution in [0.5, 0.6) is 5.75 Å². The molecule has 118 valence electrons. The van der Waals surface area contributed by atoms with E-state index in [1.807, 2.05) is 35.3 Å². The Bertz CT molecular complexity index is 535. The minimum absolute atomic E-state index is 0.331. The van der Waals surface area contributed by atoms with Crippen molar-refractivity contribution < 1.29 is 4.74 Å². The number of hydrogen-bond donors (Lipinski definition) is 0. The van der Waals surface area contributed by atoms with Crippen LogP contribution in [-0.4, -0.2) is 44.9 Å². The highest BCUT2D eigenvalue weighted by Gasteiger charge is 2.23. The number of ether oxygens (including phenoxy) is 1. The van der Waals surface area contributed by atoms with E-state index >= 15 is 0 Å². The van der Waals surface area contributed by atoms with Crippen molar-refractivity contribution in [3.05, 3.63) is 43.0 Å². The first-order valence-corrected chi connectivity index (χ1v) is 8.09. The highest BCUT2D eigenvalue weighted by atomic mass is 16.5. The molecule has 1 atom stereocenters. The molecule has 2 aromatic rings. The number of rotatable bonds is 6. The van der Waals surface area contributed by atoms with Gasteiger partial charge in [-0.2, -0.15) is 5.10 Å². The topological polar surface area (TPSA) is 43.2 Å². The van der Waals surface area contributed by atoms with Gasteiger partial charge in [0.05, 0.1) is 0 Å². The van der Waals surface area contributed by atoms with Crippen LogP contribution in [0.2, 0.25) is 0 Å². The van der Waals surface area contributed by atoms with E-state index in [0.717, 1.165) is 44.6 Å². The minimum Gasteiger partial charge on any atom is -0.490 e. The zero-order chi connectivity index (χ0) is 15.2. The molecule has 0 saturated carbocycles. The highest BCUT2D eigenvalue weighted by Crippen LogP contribution is 2.20. The third-order valence-electron chi connectivity index (χ3n) is 4.39. The fraction of sp³-hybridized carbons (Fsp3) is 0.529.